The van der Waals surface area contributed by atoms with E-state index in [0.29, 0.717) is 30.4 Å². The maximum absolute atomic E-state index is 13.3. The van der Waals surface area contributed by atoms with Crippen LogP contribution in [0.4, 0.5) is 5.13 Å². The van der Waals surface area contributed by atoms with Crippen LogP contribution in [0.15, 0.2) is 34.9 Å². The number of aryl methyl sites for hydroxylation is 1. The van der Waals surface area contributed by atoms with Crippen molar-refractivity contribution in [3.63, 3.8) is 0 Å². The van der Waals surface area contributed by atoms with Gasteiger partial charge in [-0.3, -0.25) is 18.9 Å². The molecule has 8 N–H and O–H groups in total. The summed E-state index contributed by atoms with van der Waals surface area (Å²) < 4.78 is 44.9. The summed E-state index contributed by atoms with van der Waals surface area (Å²) >= 11 is 0.946. The lowest BCUT2D eigenvalue weighted by molar-refractivity contribution is -0.780. The molecule has 0 aliphatic carbocycles. The number of hydrogen-bond acceptors (Lipinski definition) is 14. The number of amides is 3. The van der Waals surface area contributed by atoms with E-state index in [1.54, 1.807) is 18.2 Å². The molecule has 48 heavy (non-hydrogen) atoms. The first-order valence-corrected chi connectivity index (χ1v) is 16.3. The zero-order valence-electron chi connectivity index (χ0n) is 25.6. The third kappa shape index (κ3) is 6.73. The van der Waals surface area contributed by atoms with Gasteiger partial charge in [-0.05, 0) is 32.0 Å². The van der Waals surface area contributed by atoms with Gasteiger partial charge in [0.15, 0.2) is 17.4 Å². The fourth-order valence-electron chi connectivity index (χ4n) is 5.11. The number of benzene rings is 1. The number of β-lactam (4-membered cyclic amide) rings is 1. The van der Waals surface area contributed by atoms with Crippen LogP contribution in [0, 0.1) is 5.41 Å². The van der Waals surface area contributed by atoms with Crippen molar-refractivity contribution >= 4 is 67.2 Å². The third-order valence-corrected chi connectivity index (χ3v) is 9.00. The van der Waals surface area contributed by atoms with E-state index < -0.39 is 69.5 Å². The summed E-state index contributed by atoms with van der Waals surface area (Å²) in [6, 6.07) is 3.71. The largest absolute Gasteiger partial charge is 0.489 e. The second-order valence-corrected chi connectivity index (χ2v) is 13.6. The Labute approximate surface area is 276 Å². The molecule has 1 aromatic carbocycles. The molecule has 2 atom stereocenters. The number of carboxylic acid groups (broad SMARTS) is 1. The SMILES string of the molecule is Cn1c2ccc(OC[C@H](O/N=C(\C(=O)NC3C(=O)N(OS(=O)(=O)O)C3(C)C)c3csc(N)n3)C(=O)O)cc2c[n+]1CC1(C(N)=O)CNC1. The van der Waals surface area contributed by atoms with Crippen LogP contribution in [-0.4, -0.2) is 99.6 Å². The lowest BCUT2D eigenvalue weighted by Crippen LogP contribution is -2.76. The Morgan fingerprint density at radius 1 is 1.31 bits per heavy atom. The molecule has 3 aromatic rings. The molecule has 5 rings (SSSR count). The number of nitrogens with two attached hydrogens (primary N) is 2. The molecule has 2 aliphatic rings. The van der Waals surface area contributed by atoms with Gasteiger partial charge >= 0.3 is 16.4 Å². The number of hydroxylamine groups is 2. The molecule has 0 saturated carbocycles. The van der Waals surface area contributed by atoms with E-state index in [1.807, 2.05) is 22.6 Å². The molecule has 2 fully saturated rings. The number of primary amides is 1. The van der Waals surface area contributed by atoms with Gasteiger partial charge in [-0.15, -0.1) is 20.3 Å². The lowest BCUT2D eigenvalue weighted by Gasteiger charge is -2.50. The van der Waals surface area contributed by atoms with Gasteiger partial charge in [0.05, 0.1) is 18.0 Å². The average molecular weight is 711 g/mol. The highest BCUT2D eigenvalue weighted by molar-refractivity contribution is 7.80. The van der Waals surface area contributed by atoms with Crippen molar-refractivity contribution in [2.75, 3.05) is 25.4 Å². The van der Waals surface area contributed by atoms with E-state index in [-0.39, 0.29) is 10.8 Å². The minimum absolute atomic E-state index is 0.0446. The van der Waals surface area contributed by atoms with Gasteiger partial charge in [-0.2, -0.15) is 18.2 Å². The van der Waals surface area contributed by atoms with Crippen molar-refractivity contribution < 1.29 is 55.8 Å². The number of nitrogens with one attached hydrogen (secondary N) is 2. The van der Waals surface area contributed by atoms with Crippen molar-refractivity contribution in [3.05, 3.63) is 35.5 Å². The maximum atomic E-state index is 13.3. The maximum Gasteiger partial charge on any atom is 0.418 e. The summed E-state index contributed by atoms with van der Waals surface area (Å²) in [6.07, 6.45) is 0.0926. The number of nitrogens with zero attached hydrogens (tertiary/aromatic N) is 5. The molecule has 22 heteroatoms. The molecule has 0 radical (unpaired) electrons. The normalized spacial score (nSPS) is 19.2. The van der Waals surface area contributed by atoms with Crippen LogP contribution in [0.25, 0.3) is 10.9 Å². The van der Waals surface area contributed by atoms with E-state index in [2.05, 4.69) is 25.1 Å². The Kier molecular flexibility index (Phi) is 9.05. The molecule has 3 amide bonds. The van der Waals surface area contributed by atoms with Gasteiger partial charge in [-0.25, -0.2) is 9.78 Å². The second-order valence-electron chi connectivity index (χ2n) is 11.7. The summed E-state index contributed by atoms with van der Waals surface area (Å²) in [6.45, 7) is 3.44. The molecule has 2 aliphatic heterocycles. The molecule has 20 nitrogen and oxygen atoms in total. The number of carboxylic acids is 1. The van der Waals surface area contributed by atoms with E-state index in [9.17, 15) is 32.7 Å². The topological polar surface area (TPSA) is 284 Å². The van der Waals surface area contributed by atoms with Gasteiger partial charge in [0.2, 0.25) is 12.1 Å². The second kappa shape index (κ2) is 12.6. The summed E-state index contributed by atoms with van der Waals surface area (Å²) in [5, 5.41) is 21.4. The summed E-state index contributed by atoms with van der Waals surface area (Å²) in [5.74, 6) is -3.63. The summed E-state index contributed by atoms with van der Waals surface area (Å²) in [5.41, 5.74) is 9.35. The first-order valence-electron chi connectivity index (χ1n) is 14.0. The standard InChI is InChI=1S/C26H31N9O11S2/c1-25(2)19(21(37)35(25)46-48(41,42)43)31-20(36)18(15-9-47-24(28)30-15)32-45-17(22(38)39)8-44-14-4-5-16-13(6-14)7-34(33(16)3)12-26(23(27)40)10-29-11-26/h4-7,9,17,19,29H,8,10-12H2,1-3H3,(H6-,27,28,30,31,36,38,39,40,41,42,43)/p+1/b32-18-/t17-,19?/m0/s1. The van der Waals surface area contributed by atoms with Crippen LogP contribution >= 0.6 is 11.3 Å². The molecule has 1 unspecified atom stereocenters. The molecule has 4 heterocycles. The van der Waals surface area contributed by atoms with Crippen LogP contribution in [0.3, 0.4) is 0 Å². The van der Waals surface area contributed by atoms with E-state index >= 15 is 0 Å². The lowest BCUT2D eigenvalue weighted by atomic mass is 9.81. The van der Waals surface area contributed by atoms with E-state index in [4.69, 9.17) is 25.6 Å². The van der Waals surface area contributed by atoms with E-state index in [1.165, 1.54) is 19.2 Å². The Morgan fingerprint density at radius 3 is 2.56 bits per heavy atom. The van der Waals surface area contributed by atoms with Crippen LogP contribution in [-0.2, 0) is 52.3 Å². The van der Waals surface area contributed by atoms with Crippen LogP contribution in [0.2, 0.25) is 0 Å². The number of nitrogen functional groups attached to an aromatic ring is 1. The average Bonchev–Trinajstić information content (AvgIpc) is 3.54. The highest BCUT2D eigenvalue weighted by Crippen LogP contribution is 2.33. The van der Waals surface area contributed by atoms with E-state index in [0.717, 1.165) is 22.2 Å². The number of oxime groups is 1. The molecule has 0 spiro atoms. The Morgan fingerprint density at radius 2 is 2.02 bits per heavy atom. The van der Waals surface area contributed by atoms with Gasteiger partial charge in [0, 0.05) is 18.5 Å². The summed E-state index contributed by atoms with van der Waals surface area (Å²) in [7, 11) is -3.21. The molecule has 2 saturated heterocycles. The summed E-state index contributed by atoms with van der Waals surface area (Å²) in [4.78, 5) is 59.1. The highest BCUT2D eigenvalue weighted by atomic mass is 32.3. The zero-order chi connectivity index (χ0) is 35.2. The zero-order valence-corrected chi connectivity index (χ0v) is 27.3. The van der Waals surface area contributed by atoms with Crippen LogP contribution < -0.4 is 31.5 Å². The number of rotatable bonds is 14. The number of aliphatic carboxylic acids is 1. The first-order chi connectivity index (χ1) is 22.4. The molecular weight excluding hydrogens is 678 g/mol. The molecule has 258 valence electrons. The number of carbonyl (C=O) groups excluding carboxylic acids is 3. The van der Waals surface area contributed by atoms with Crippen molar-refractivity contribution in [1.82, 2.24) is 25.4 Å². The van der Waals surface area contributed by atoms with Crippen molar-refractivity contribution in [2.45, 2.75) is 38.1 Å². The number of thiazole rings is 1. The van der Waals surface area contributed by atoms with Gasteiger partial charge in [-0.1, -0.05) is 5.16 Å². The predicted molar refractivity (Wildman–Crippen MR) is 164 cm³/mol. The Hall–Kier alpha value is -4.90. The monoisotopic (exact) mass is 710 g/mol. The third-order valence-electron chi connectivity index (χ3n) is 7.98. The number of fused-ring (bicyclic) bond motifs is 1. The fourth-order valence-corrected chi connectivity index (χ4v) is 6.12. The van der Waals surface area contributed by atoms with Crippen LogP contribution in [0.1, 0.15) is 19.5 Å². The first kappa shape index (κ1) is 34.4. The van der Waals surface area contributed by atoms with Crippen molar-refractivity contribution in [2.24, 2.45) is 23.4 Å². The van der Waals surface area contributed by atoms with Crippen LogP contribution in [0.5, 0.6) is 5.75 Å². The van der Waals surface area contributed by atoms with Gasteiger partial charge in [0.1, 0.15) is 35.0 Å². The number of carbonyl (C=O) groups is 4. The van der Waals surface area contributed by atoms with Gasteiger partial charge in [0.25, 0.3) is 17.9 Å². The minimum atomic E-state index is -5.03. The molecular formula is C26H32N9O11S2+. The fraction of sp³-hybridized carbons (Fsp3) is 0.423. The van der Waals surface area contributed by atoms with Crippen molar-refractivity contribution in [1.29, 1.82) is 0 Å². The smallest absolute Gasteiger partial charge is 0.418 e. The Balaban J connectivity index is 1.30. The van der Waals surface area contributed by atoms with Crippen molar-refractivity contribution in [3.8, 4) is 5.75 Å². The molecule has 0 bridgehead atoms. The quantitative estimate of drug-likeness (QED) is 0.0337. The minimum Gasteiger partial charge on any atom is -0.489 e. The molecule has 2 aromatic heterocycles. The Bertz CT molecular complexity index is 1940. The number of aromatic nitrogens is 3. The highest BCUT2D eigenvalue weighted by Gasteiger charge is 2.58. The van der Waals surface area contributed by atoms with Gasteiger partial charge < -0.3 is 36.8 Å². The number of anilines is 1. The predicted octanol–water partition coefficient (Wildman–Crippen LogP) is -2.33. The number of hydrogen-bond donors (Lipinski definition) is 6. The number of ether oxygens (including phenoxy) is 1.